The molecule has 0 aliphatic heterocycles. The monoisotopic (exact) mass is 125 g/mol. The van der Waals surface area contributed by atoms with Crippen molar-refractivity contribution in [3.8, 4) is 0 Å². The average Bonchev–Trinajstić information content (AvgIpc) is 1.65. The molecule has 0 spiro atoms. The Kier molecular flexibility index (Phi) is 9.15. The lowest BCUT2D eigenvalue weighted by Crippen LogP contribution is -3.00. The number of hydrogen-bond donors (Lipinski definition) is 1. The molecule has 0 radical (unpaired) electrons. The zero-order chi connectivity index (χ0) is 4.99. The summed E-state index contributed by atoms with van der Waals surface area (Å²) in [5, 5.41) is 5.50. The topological polar surface area (TPSA) is 26.0 Å². The van der Waals surface area contributed by atoms with Gasteiger partial charge in [-0.2, -0.15) is 5.14 Å². The van der Waals surface area contributed by atoms with Gasteiger partial charge in [0.05, 0.1) is 11.1 Å². The van der Waals surface area contributed by atoms with Crippen LogP contribution in [0, 0.1) is 0 Å². The Morgan fingerprint density at radius 2 is 1.57 bits per heavy atom. The van der Waals surface area contributed by atoms with E-state index in [2.05, 4.69) is 13.8 Å². The predicted molar refractivity (Wildman–Crippen MR) is 32.6 cm³/mol. The molecule has 2 N–H and O–H groups in total. The standard InChI is InChI=1S/C4H12NS.FH/c1-3-6(5)4-2;/h3-5H2,1-2H3;1H/q+1;/p-1. The number of nitrogens with two attached hydrogens (primary N) is 1. The lowest BCUT2D eigenvalue weighted by atomic mass is 11.0. The number of halogens is 1. The van der Waals surface area contributed by atoms with E-state index in [-0.39, 0.29) is 15.8 Å². The summed E-state index contributed by atoms with van der Waals surface area (Å²) in [4.78, 5) is 0. The minimum atomic E-state index is 0. The van der Waals surface area contributed by atoms with Gasteiger partial charge in [0.1, 0.15) is 11.5 Å². The van der Waals surface area contributed by atoms with Gasteiger partial charge in [-0.15, -0.1) is 0 Å². The van der Waals surface area contributed by atoms with Crippen LogP contribution in [0.25, 0.3) is 0 Å². The Bertz CT molecular complexity index is 30.9. The molecule has 7 heavy (non-hydrogen) atoms. The molecular weight excluding hydrogens is 113 g/mol. The number of rotatable bonds is 2. The van der Waals surface area contributed by atoms with E-state index >= 15 is 0 Å². The first kappa shape index (κ1) is 10.3. The van der Waals surface area contributed by atoms with Crippen molar-refractivity contribution in [1.29, 1.82) is 0 Å². The quantitative estimate of drug-likeness (QED) is 0.406. The molecule has 0 aromatic carbocycles. The molecule has 1 nitrogen and oxygen atoms in total. The summed E-state index contributed by atoms with van der Waals surface area (Å²) in [5.74, 6) is 2.27. The van der Waals surface area contributed by atoms with Gasteiger partial charge in [-0.3, -0.25) is 0 Å². The summed E-state index contributed by atoms with van der Waals surface area (Å²) < 4.78 is 0. The van der Waals surface area contributed by atoms with E-state index in [1.807, 2.05) is 0 Å². The highest BCUT2D eigenvalue weighted by Gasteiger charge is 2.00. The second-order valence-corrected chi connectivity index (χ2v) is 3.34. The van der Waals surface area contributed by atoms with Crippen molar-refractivity contribution >= 4 is 11.1 Å². The smallest absolute Gasteiger partial charge is 0.124 e. The maximum atomic E-state index is 5.50. The lowest BCUT2D eigenvalue weighted by molar-refractivity contribution is -0.00000155. The van der Waals surface area contributed by atoms with Crippen LogP contribution in [0.2, 0.25) is 0 Å². The summed E-state index contributed by atoms with van der Waals surface area (Å²) in [5.41, 5.74) is 0. The Hall–Kier alpha value is 0.240. The molecule has 0 bridgehead atoms. The van der Waals surface area contributed by atoms with E-state index in [1.165, 1.54) is 0 Å². The molecule has 0 saturated heterocycles. The van der Waals surface area contributed by atoms with E-state index in [4.69, 9.17) is 5.14 Å². The van der Waals surface area contributed by atoms with E-state index in [1.54, 1.807) is 0 Å². The summed E-state index contributed by atoms with van der Waals surface area (Å²) >= 11 is 0.216. The fraction of sp³-hybridized carbons (Fsp3) is 1.00. The van der Waals surface area contributed by atoms with Gasteiger partial charge < -0.3 is 4.70 Å². The van der Waals surface area contributed by atoms with E-state index in [0.29, 0.717) is 0 Å². The lowest BCUT2D eigenvalue weighted by Gasteiger charge is -1.88. The van der Waals surface area contributed by atoms with Gasteiger partial charge in [-0.05, 0) is 13.8 Å². The predicted octanol–water partition coefficient (Wildman–Crippen LogP) is -2.48. The van der Waals surface area contributed by atoms with Crippen LogP contribution in [0.3, 0.4) is 0 Å². The molecule has 46 valence electrons. The normalized spacial score (nSPS) is 8.57. The van der Waals surface area contributed by atoms with Crippen molar-refractivity contribution in [2.75, 3.05) is 11.5 Å². The molecule has 0 fully saturated rings. The first-order valence-electron chi connectivity index (χ1n) is 2.23. The van der Waals surface area contributed by atoms with Crippen LogP contribution >= 0.6 is 0 Å². The zero-order valence-corrected chi connectivity index (χ0v) is 5.59. The minimum Gasteiger partial charge on any atom is -1.00 e. The molecule has 0 atom stereocenters. The van der Waals surface area contributed by atoms with Crippen molar-refractivity contribution in [3.05, 3.63) is 0 Å². The first-order valence-corrected chi connectivity index (χ1v) is 3.85. The van der Waals surface area contributed by atoms with Crippen LogP contribution < -0.4 is 9.84 Å². The van der Waals surface area contributed by atoms with Gasteiger partial charge in [-0.1, -0.05) is 0 Å². The van der Waals surface area contributed by atoms with Crippen LogP contribution in [0.1, 0.15) is 13.8 Å². The highest BCUT2D eigenvalue weighted by Crippen LogP contribution is 1.80. The highest BCUT2D eigenvalue weighted by molar-refractivity contribution is 7.94. The van der Waals surface area contributed by atoms with Gasteiger partial charge in [0.2, 0.25) is 0 Å². The largest absolute Gasteiger partial charge is 1.00 e. The van der Waals surface area contributed by atoms with Gasteiger partial charge in [0, 0.05) is 0 Å². The van der Waals surface area contributed by atoms with E-state index in [0.717, 1.165) is 11.5 Å². The number of hydrogen-bond acceptors (Lipinski definition) is 1. The molecule has 0 aromatic rings. The summed E-state index contributed by atoms with van der Waals surface area (Å²) in [6, 6.07) is 0. The Balaban J connectivity index is 0. The van der Waals surface area contributed by atoms with Gasteiger partial charge in [0.15, 0.2) is 0 Å². The average molecular weight is 125 g/mol. The third-order valence-electron chi connectivity index (χ3n) is 0.742. The van der Waals surface area contributed by atoms with Crippen LogP contribution in [-0.4, -0.2) is 11.5 Å². The molecule has 3 heteroatoms. The molecule has 0 aromatic heterocycles. The Morgan fingerprint density at radius 3 is 1.57 bits per heavy atom. The van der Waals surface area contributed by atoms with Crippen LogP contribution in [0.4, 0.5) is 0 Å². The highest BCUT2D eigenvalue weighted by atomic mass is 32.2. The molecule has 0 aliphatic carbocycles. The fourth-order valence-electron chi connectivity index (χ4n) is 0.204. The molecule has 0 saturated carbocycles. The molecule has 0 aliphatic rings. The van der Waals surface area contributed by atoms with Crippen molar-refractivity contribution in [1.82, 2.24) is 0 Å². The van der Waals surface area contributed by atoms with Crippen molar-refractivity contribution in [2.24, 2.45) is 5.14 Å². The second-order valence-electron chi connectivity index (χ2n) is 1.11. The SMILES string of the molecule is CC[S+](N)CC.[F-]. The molecule has 0 unspecified atom stereocenters. The molecule has 0 amide bonds. The third kappa shape index (κ3) is 6.24. The zero-order valence-electron chi connectivity index (χ0n) is 4.78. The van der Waals surface area contributed by atoms with Crippen LogP contribution in [0.15, 0.2) is 0 Å². The van der Waals surface area contributed by atoms with Gasteiger partial charge in [0.25, 0.3) is 0 Å². The van der Waals surface area contributed by atoms with Crippen LogP contribution in [0.5, 0.6) is 0 Å². The van der Waals surface area contributed by atoms with Crippen molar-refractivity contribution < 1.29 is 4.70 Å². The second kappa shape index (κ2) is 6.24. The van der Waals surface area contributed by atoms with Crippen LogP contribution in [-0.2, 0) is 11.1 Å². The maximum absolute atomic E-state index is 5.50. The van der Waals surface area contributed by atoms with Gasteiger partial charge >= 0.3 is 0 Å². The van der Waals surface area contributed by atoms with Crippen molar-refractivity contribution in [3.63, 3.8) is 0 Å². The van der Waals surface area contributed by atoms with E-state index in [9.17, 15) is 0 Å². The Morgan fingerprint density at radius 1 is 1.29 bits per heavy atom. The molecule has 0 heterocycles. The fourth-order valence-corrected chi connectivity index (χ4v) is 0.612. The van der Waals surface area contributed by atoms with Crippen molar-refractivity contribution in [2.45, 2.75) is 13.8 Å². The first-order chi connectivity index (χ1) is 2.81. The molecule has 0 rings (SSSR count). The molecular formula is C4H12FNS. The van der Waals surface area contributed by atoms with E-state index < -0.39 is 0 Å². The maximum Gasteiger partial charge on any atom is 0.124 e. The summed E-state index contributed by atoms with van der Waals surface area (Å²) in [7, 11) is 0. The summed E-state index contributed by atoms with van der Waals surface area (Å²) in [6.07, 6.45) is 0. The third-order valence-corrected chi connectivity index (χ3v) is 2.22. The minimum absolute atomic E-state index is 0. The Labute approximate surface area is 47.1 Å². The van der Waals surface area contributed by atoms with Gasteiger partial charge in [-0.25, -0.2) is 0 Å². The summed E-state index contributed by atoms with van der Waals surface area (Å²) in [6.45, 7) is 4.24.